The van der Waals surface area contributed by atoms with E-state index in [9.17, 15) is 14.7 Å². The van der Waals surface area contributed by atoms with Crippen molar-refractivity contribution >= 4 is 23.2 Å². The molecule has 0 aliphatic carbocycles. The molecule has 1 aromatic heterocycles. The molecule has 2 rings (SSSR count). The fourth-order valence-corrected chi connectivity index (χ4v) is 3.26. The number of nitrogens with one attached hydrogen (secondary N) is 1. The van der Waals surface area contributed by atoms with Crippen LogP contribution < -0.4 is 10.1 Å². The van der Waals surface area contributed by atoms with E-state index in [0.29, 0.717) is 0 Å². The molecule has 0 bridgehead atoms. The summed E-state index contributed by atoms with van der Waals surface area (Å²) in [6.07, 6.45) is 0. The molecule has 1 heterocycles. The molecule has 25 heavy (non-hydrogen) atoms. The Bertz CT molecular complexity index is 727. The number of rotatable bonds is 7. The summed E-state index contributed by atoms with van der Waals surface area (Å²) in [6.45, 7) is 3.58. The zero-order valence-corrected chi connectivity index (χ0v) is 15.1. The fraction of sp³-hybridized carbons (Fsp3) is 0.333. The smallest absolute Gasteiger partial charge is 0.342 e. The number of amides is 1. The van der Waals surface area contributed by atoms with Crippen LogP contribution in [0.15, 0.2) is 35.7 Å². The first-order valence-corrected chi connectivity index (χ1v) is 8.67. The minimum atomic E-state index is -0.788. The van der Waals surface area contributed by atoms with Crippen LogP contribution in [0.2, 0.25) is 0 Å². The number of carbonyl (C=O) groups is 2. The molecule has 2 N–H and O–H groups in total. The van der Waals surface area contributed by atoms with Crippen molar-refractivity contribution in [3.8, 4) is 11.5 Å². The van der Waals surface area contributed by atoms with Gasteiger partial charge in [0.1, 0.15) is 5.56 Å². The van der Waals surface area contributed by atoms with E-state index < -0.39 is 18.5 Å². The van der Waals surface area contributed by atoms with Gasteiger partial charge in [-0.2, -0.15) is 0 Å². The molecule has 0 spiro atoms. The largest absolute Gasteiger partial charge is 0.504 e. The first kappa shape index (κ1) is 18.8. The molecule has 1 amide bonds. The van der Waals surface area contributed by atoms with Crippen molar-refractivity contribution in [2.24, 2.45) is 5.92 Å². The van der Waals surface area contributed by atoms with Gasteiger partial charge >= 0.3 is 5.97 Å². The van der Waals surface area contributed by atoms with E-state index in [1.807, 2.05) is 31.4 Å². The van der Waals surface area contributed by atoms with Crippen LogP contribution in [0, 0.1) is 5.92 Å². The molecule has 7 heteroatoms. The summed E-state index contributed by atoms with van der Waals surface area (Å²) in [7, 11) is 1.38. The summed E-state index contributed by atoms with van der Waals surface area (Å²) in [5, 5.41) is 14.8. The third-order valence-electron chi connectivity index (χ3n) is 3.61. The second-order valence-electron chi connectivity index (χ2n) is 5.74. The maximum absolute atomic E-state index is 12.1. The second kappa shape index (κ2) is 8.53. The number of phenolic OH excluding ortho intramolecular Hbond substituents is 1. The molecule has 0 radical (unpaired) electrons. The average Bonchev–Trinajstić information content (AvgIpc) is 3.11. The number of aromatic hydroxyl groups is 1. The lowest BCUT2D eigenvalue weighted by Crippen LogP contribution is -2.34. The first-order valence-electron chi connectivity index (χ1n) is 7.80. The van der Waals surface area contributed by atoms with Crippen LogP contribution in [-0.2, 0) is 9.53 Å². The fourth-order valence-electron chi connectivity index (χ4n) is 2.31. The van der Waals surface area contributed by atoms with Gasteiger partial charge in [0, 0.05) is 4.88 Å². The van der Waals surface area contributed by atoms with Crippen LogP contribution in [0.25, 0.3) is 0 Å². The predicted octanol–water partition coefficient (Wildman–Crippen LogP) is 3.13. The van der Waals surface area contributed by atoms with Crippen LogP contribution >= 0.6 is 11.3 Å². The highest BCUT2D eigenvalue weighted by Gasteiger charge is 2.21. The van der Waals surface area contributed by atoms with Gasteiger partial charge in [0.2, 0.25) is 0 Å². The molecule has 0 saturated carbocycles. The van der Waals surface area contributed by atoms with E-state index >= 15 is 0 Å². The third kappa shape index (κ3) is 4.73. The summed E-state index contributed by atoms with van der Waals surface area (Å²) >= 11 is 1.56. The van der Waals surface area contributed by atoms with Crippen molar-refractivity contribution in [2.45, 2.75) is 19.9 Å². The van der Waals surface area contributed by atoms with Gasteiger partial charge in [-0.15, -0.1) is 11.3 Å². The maximum atomic E-state index is 12.1. The normalized spacial score (nSPS) is 11.8. The van der Waals surface area contributed by atoms with E-state index in [4.69, 9.17) is 9.47 Å². The number of benzene rings is 1. The number of phenols is 1. The van der Waals surface area contributed by atoms with Gasteiger partial charge in [-0.05, 0) is 29.5 Å². The van der Waals surface area contributed by atoms with Crippen molar-refractivity contribution < 1.29 is 24.2 Å². The SMILES string of the molecule is COc1cccc(C(=O)OCC(=O)N[C@@H](c2cccs2)C(C)C)c1O. The van der Waals surface area contributed by atoms with Gasteiger partial charge in [0.15, 0.2) is 18.1 Å². The summed E-state index contributed by atoms with van der Waals surface area (Å²) in [4.78, 5) is 25.2. The van der Waals surface area contributed by atoms with Crippen LogP contribution in [0.3, 0.4) is 0 Å². The molecule has 0 unspecified atom stereocenters. The number of thiophene rings is 1. The number of carbonyl (C=O) groups excluding carboxylic acids is 2. The van der Waals surface area contributed by atoms with Crippen LogP contribution in [0.5, 0.6) is 11.5 Å². The zero-order valence-electron chi connectivity index (χ0n) is 14.3. The van der Waals surface area contributed by atoms with Crippen molar-refractivity contribution in [3.63, 3.8) is 0 Å². The molecule has 0 aliphatic heterocycles. The highest BCUT2D eigenvalue weighted by atomic mass is 32.1. The highest BCUT2D eigenvalue weighted by Crippen LogP contribution is 2.30. The number of hydrogen-bond donors (Lipinski definition) is 2. The molecule has 0 fully saturated rings. The van der Waals surface area contributed by atoms with Crippen LogP contribution in [0.4, 0.5) is 0 Å². The summed E-state index contributed by atoms with van der Waals surface area (Å²) in [6, 6.07) is 8.22. The predicted molar refractivity (Wildman–Crippen MR) is 95.0 cm³/mol. The molecule has 0 aliphatic rings. The molecular weight excluding hydrogens is 342 g/mol. The van der Waals surface area contributed by atoms with E-state index in [1.165, 1.54) is 19.2 Å². The Balaban J connectivity index is 1.96. The monoisotopic (exact) mass is 363 g/mol. The Labute approximate surface area is 150 Å². The Morgan fingerprint density at radius 3 is 2.60 bits per heavy atom. The molecule has 1 aromatic carbocycles. The van der Waals surface area contributed by atoms with Crippen molar-refractivity contribution in [1.29, 1.82) is 0 Å². The molecular formula is C18H21NO5S. The van der Waals surface area contributed by atoms with Crippen LogP contribution in [-0.4, -0.2) is 30.7 Å². The van der Waals surface area contributed by atoms with E-state index in [0.717, 1.165) is 4.88 Å². The van der Waals surface area contributed by atoms with E-state index in [2.05, 4.69) is 5.32 Å². The van der Waals surface area contributed by atoms with Gasteiger partial charge in [-0.1, -0.05) is 26.0 Å². The Kier molecular flexibility index (Phi) is 6.41. The summed E-state index contributed by atoms with van der Waals surface area (Å²) in [5.41, 5.74) is -0.0502. The Morgan fingerprint density at radius 1 is 1.24 bits per heavy atom. The van der Waals surface area contributed by atoms with Gasteiger partial charge in [0.05, 0.1) is 13.2 Å². The topological polar surface area (TPSA) is 84.9 Å². The quantitative estimate of drug-likeness (QED) is 0.738. The van der Waals surface area contributed by atoms with E-state index in [1.54, 1.807) is 17.4 Å². The van der Waals surface area contributed by atoms with Crippen molar-refractivity contribution in [2.75, 3.05) is 13.7 Å². The Hall–Kier alpha value is -2.54. The first-order chi connectivity index (χ1) is 11.9. The molecule has 1 atom stereocenters. The summed E-state index contributed by atoms with van der Waals surface area (Å²) < 4.78 is 9.95. The lowest BCUT2D eigenvalue weighted by Gasteiger charge is -2.21. The van der Waals surface area contributed by atoms with Gasteiger partial charge in [-0.3, -0.25) is 4.79 Å². The molecule has 134 valence electrons. The number of para-hydroxylation sites is 1. The van der Waals surface area contributed by atoms with Gasteiger partial charge in [0.25, 0.3) is 5.91 Å². The number of hydrogen-bond acceptors (Lipinski definition) is 6. The van der Waals surface area contributed by atoms with Crippen LogP contribution in [0.1, 0.15) is 35.1 Å². The number of esters is 1. The Morgan fingerprint density at radius 2 is 2.00 bits per heavy atom. The number of methoxy groups -OCH3 is 1. The summed E-state index contributed by atoms with van der Waals surface area (Å²) in [5.74, 6) is -1.14. The third-order valence-corrected chi connectivity index (χ3v) is 4.56. The minimum absolute atomic E-state index is 0.0502. The minimum Gasteiger partial charge on any atom is -0.504 e. The molecule has 2 aromatic rings. The van der Waals surface area contributed by atoms with Crippen molar-refractivity contribution in [3.05, 3.63) is 46.2 Å². The number of ether oxygens (including phenoxy) is 2. The maximum Gasteiger partial charge on any atom is 0.342 e. The van der Waals surface area contributed by atoms with Gasteiger partial charge in [-0.25, -0.2) is 4.79 Å². The zero-order chi connectivity index (χ0) is 18.4. The highest BCUT2D eigenvalue weighted by molar-refractivity contribution is 7.10. The van der Waals surface area contributed by atoms with E-state index in [-0.39, 0.29) is 29.0 Å². The molecule has 0 saturated heterocycles. The van der Waals surface area contributed by atoms with Gasteiger partial charge < -0.3 is 19.9 Å². The lowest BCUT2D eigenvalue weighted by molar-refractivity contribution is -0.125. The lowest BCUT2D eigenvalue weighted by atomic mass is 10.0. The second-order valence-corrected chi connectivity index (χ2v) is 6.72. The standard InChI is InChI=1S/C18H21NO5S/c1-11(2)16(14-8-5-9-25-14)19-15(20)10-24-18(22)12-6-4-7-13(23-3)17(12)21/h4-9,11,16,21H,10H2,1-3H3,(H,19,20)/t16-/m1/s1. The average molecular weight is 363 g/mol. The molecule has 6 nitrogen and oxygen atoms in total. The van der Waals surface area contributed by atoms with Crippen molar-refractivity contribution in [1.82, 2.24) is 5.32 Å².